The zero-order valence-corrected chi connectivity index (χ0v) is 11.6. The Balaban J connectivity index is 2.03. The van der Waals surface area contributed by atoms with E-state index in [1.165, 1.54) is 24.3 Å². The van der Waals surface area contributed by atoms with Crippen molar-refractivity contribution in [1.82, 2.24) is 0 Å². The molecule has 2 aromatic carbocycles. The van der Waals surface area contributed by atoms with Crippen molar-refractivity contribution >= 4 is 16.6 Å². The van der Waals surface area contributed by atoms with Crippen LogP contribution in [-0.4, -0.2) is 15.7 Å². The summed E-state index contributed by atoms with van der Waals surface area (Å²) >= 11 is 0. The second-order valence-electron chi connectivity index (χ2n) is 4.41. The van der Waals surface area contributed by atoms with Gasteiger partial charge in [-0.05, 0) is 35.9 Å². The number of hydrogen-bond acceptors (Lipinski definition) is 2. The number of rotatable bonds is 5. The van der Waals surface area contributed by atoms with E-state index >= 15 is 0 Å². The van der Waals surface area contributed by atoms with Gasteiger partial charge in [-0.1, -0.05) is 12.1 Å². The Morgan fingerprint density at radius 2 is 1.57 bits per heavy atom. The number of ketones is 1. The van der Waals surface area contributed by atoms with Gasteiger partial charge < -0.3 is 0 Å². The van der Waals surface area contributed by atoms with Crippen molar-refractivity contribution in [3.8, 4) is 0 Å². The van der Waals surface area contributed by atoms with E-state index in [4.69, 9.17) is 0 Å². The van der Waals surface area contributed by atoms with Crippen LogP contribution < -0.4 is 0 Å². The second kappa shape index (κ2) is 6.67. The predicted octanol–water partition coefficient (Wildman–Crippen LogP) is 3.02. The van der Waals surface area contributed by atoms with Crippen LogP contribution in [0.2, 0.25) is 0 Å². The van der Waals surface area contributed by atoms with Gasteiger partial charge in [-0.2, -0.15) is 0 Å². The third-order valence-corrected chi connectivity index (χ3v) is 4.13. The van der Waals surface area contributed by atoms with Gasteiger partial charge in [0, 0.05) is 6.42 Å². The van der Waals surface area contributed by atoms with E-state index in [0.29, 0.717) is 5.56 Å². The molecule has 0 aliphatic carbocycles. The van der Waals surface area contributed by atoms with Crippen LogP contribution in [0.15, 0.2) is 47.4 Å². The average Bonchev–Trinajstić information content (AvgIpc) is 2.44. The van der Waals surface area contributed by atoms with Gasteiger partial charge in [0.25, 0.3) is 0 Å². The van der Waals surface area contributed by atoms with Gasteiger partial charge in [-0.25, -0.2) is 13.2 Å². The molecule has 0 fully saturated rings. The minimum Gasteiger partial charge on any atom is -0.298 e. The fourth-order valence-electron chi connectivity index (χ4n) is 1.76. The molecule has 110 valence electrons. The highest BCUT2D eigenvalue weighted by Crippen LogP contribution is 2.15. The van der Waals surface area contributed by atoms with Crippen LogP contribution in [0, 0.1) is 17.5 Å². The van der Waals surface area contributed by atoms with Crippen LogP contribution >= 0.6 is 0 Å². The fraction of sp³-hybridized carbons (Fsp3) is 0.133. The first kappa shape index (κ1) is 15.4. The van der Waals surface area contributed by atoms with Gasteiger partial charge in [0.2, 0.25) is 0 Å². The summed E-state index contributed by atoms with van der Waals surface area (Å²) in [4.78, 5) is 11.4. The second-order valence-corrected chi connectivity index (χ2v) is 5.83. The standard InChI is InChI=1S/C15H11F3O2S/c16-11-3-1-10(2-4-11)7-13(19)9-21(20)15-8-12(17)5-6-14(15)18/h1-6,8H,7,9H2. The van der Waals surface area contributed by atoms with Crippen LogP contribution in [0.25, 0.3) is 0 Å². The highest BCUT2D eigenvalue weighted by molar-refractivity contribution is 7.85. The number of Topliss-reactive ketones (excluding diaryl/α,β-unsaturated/α-hetero) is 1. The van der Waals surface area contributed by atoms with Crippen molar-refractivity contribution in [2.45, 2.75) is 11.3 Å². The van der Waals surface area contributed by atoms with Crippen molar-refractivity contribution in [1.29, 1.82) is 0 Å². The highest BCUT2D eigenvalue weighted by atomic mass is 32.2. The quantitative estimate of drug-likeness (QED) is 0.850. The molecule has 2 rings (SSSR count). The third kappa shape index (κ3) is 4.26. The van der Waals surface area contributed by atoms with Crippen LogP contribution in [0.5, 0.6) is 0 Å². The summed E-state index contributed by atoms with van der Waals surface area (Å²) in [5, 5.41) is 0. The zero-order valence-electron chi connectivity index (χ0n) is 10.8. The first-order valence-corrected chi connectivity index (χ1v) is 7.37. The normalized spacial score (nSPS) is 12.1. The molecule has 0 spiro atoms. The van der Waals surface area contributed by atoms with Gasteiger partial charge in [0.1, 0.15) is 23.2 Å². The summed E-state index contributed by atoms with van der Waals surface area (Å²) in [7, 11) is -1.95. The van der Waals surface area contributed by atoms with Crippen LogP contribution in [0.4, 0.5) is 13.2 Å². The fourth-order valence-corrected chi connectivity index (χ4v) is 2.84. The Hall–Kier alpha value is -1.95. The maximum absolute atomic E-state index is 13.4. The molecule has 6 heteroatoms. The molecule has 0 radical (unpaired) electrons. The summed E-state index contributed by atoms with van der Waals surface area (Å²) in [6.45, 7) is 0. The first-order valence-electron chi connectivity index (χ1n) is 6.05. The van der Waals surface area contributed by atoms with Crippen molar-refractivity contribution in [3.63, 3.8) is 0 Å². The highest BCUT2D eigenvalue weighted by Gasteiger charge is 2.15. The lowest BCUT2D eigenvalue weighted by Gasteiger charge is -2.04. The van der Waals surface area contributed by atoms with E-state index in [2.05, 4.69) is 0 Å². The van der Waals surface area contributed by atoms with Gasteiger partial charge >= 0.3 is 0 Å². The molecule has 0 N–H and O–H groups in total. The minimum atomic E-state index is -1.95. The number of halogens is 3. The van der Waals surface area contributed by atoms with Crippen LogP contribution in [0.1, 0.15) is 5.56 Å². The van der Waals surface area contributed by atoms with E-state index in [-0.39, 0.29) is 11.3 Å². The van der Waals surface area contributed by atoms with Crippen LogP contribution in [0.3, 0.4) is 0 Å². The summed E-state index contributed by atoms with van der Waals surface area (Å²) in [6.07, 6.45) is -0.0387. The Bertz CT molecular complexity index is 684. The zero-order chi connectivity index (χ0) is 15.4. The lowest BCUT2D eigenvalue weighted by Crippen LogP contribution is -2.14. The molecule has 1 unspecified atom stereocenters. The number of carbonyl (C=O) groups is 1. The predicted molar refractivity (Wildman–Crippen MR) is 72.7 cm³/mol. The molecule has 2 nitrogen and oxygen atoms in total. The average molecular weight is 312 g/mol. The number of hydrogen-bond donors (Lipinski definition) is 0. The maximum Gasteiger partial charge on any atom is 0.150 e. The minimum absolute atomic E-state index is 0.0387. The maximum atomic E-state index is 13.4. The molecule has 0 aliphatic heterocycles. The molecule has 0 saturated carbocycles. The molecule has 0 aromatic heterocycles. The molecular formula is C15H11F3O2S. The number of benzene rings is 2. The lowest BCUT2D eigenvalue weighted by atomic mass is 10.1. The molecule has 0 bridgehead atoms. The molecule has 0 amide bonds. The van der Waals surface area contributed by atoms with E-state index < -0.39 is 39.8 Å². The largest absolute Gasteiger partial charge is 0.298 e. The van der Waals surface area contributed by atoms with Gasteiger partial charge in [-0.3, -0.25) is 9.00 Å². The topological polar surface area (TPSA) is 34.1 Å². The summed E-state index contributed by atoms with van der Waals surface area (Å²) in [5.74, 6) is -2.77. The van der Waals surface area contributed by atoms with Crippen molar-refractivity contribution in [2.75, 3.05) is 5.75 Å². The molecule has 2 aromatic rings. The van der Waals surface area contributed by atoms with Crippen molar-refractivity contribution in [3.05, 3.63) is 65.5 Å². The van der Waals surface area contributed by atoms with Crippen LogP contribution in [-0.2, 0) is 22.0 Å². The monoisotopic (exact) mass is 312 g/mol. The third-order valence-electron chi connectivity index (χ3n) is 2.75. The van der Waals surface area contributed by atoms with Crippen molar-refractivity contribution in [2.24, 2.45) is 0 Å². The Morgan fingerprint density at radius 3 is 2.24 bits per heavy atom. The smallest absolute Gasteiger partial charge is 0.150 e. The van der Waals surface area contributed by atoms with Crippen molar-refractivity contribution < 1.29 is 22.2 Å². The van der Waals surface area contributed by atoms with E-state index in [0.717, 1.165) is 18.2 Å². The van der Waals surface area contributed by atoms with Gasteiger partial charge in [0.15, 0.2) is 0 Å². The Kier molecular flexibility index (Phi) is 4.90. The first-order chi connectivity index (χ1) is 9.95. The molecule has 1 atom stereocenters. The molecule has 0 heterocycles. The molecule has 0 aliphatic rings. The summed E-state index contributed by atoms with van der Waals surface area (Å²) in [5.41, 5.74) is 0.568. The molecule has 21 heavy (non-hydrogen) atoms. The van der Waals surface area contributed by atoms with E-state index in [1.807, 2.05) is 0 Å². The van der Waals surface area contributed by atoms with Gasteiger partial charge in [-0.15, -0.1) is 0 Å². The molecule has 0 saturated heterocycles. The summed E-state index contributed by atoms with van der Waals surface area (Å²) in [6, 6.07) is 7.91. The lowest BCUT2D eigenvalue weighted by molar-refractivity contribution is -0.116. The van der Waals surface area contributed by atoms with E-state index in [1.54, 1.807) is 0 Å². The SMILES string of the molecule is O=C(Cc1ccc(F)cc1)CS(=O)c1cc(F)ccc1F. The molecular weight excluding hydrogens is 301 g/mol. The number of carbonyl (C=O) groups excluding carboxylic acids is 1. The Labute approximate surface area is 122 Å². The Morgan fingerprint density at radius 1 is 0.952 bits per heavy atom. The van der Waals surface area contributed by atoms with Gasteiger partial charge in [0.05, 0.1) is 21.4 Å². The van der Waals surface area contributed by atoms with E-state index in [9.17, 15) is 22.2 Å². The summed E-state index contributed by atoms with van der Waals surface area (Å²) < 4.78 is 51.1.